The number of aromatic carboxylic acids is 1. The average Bonchev–Trinajstić information content (AvgIpc) is 2.36. The Bertz CT molecular complexity index is 649. The van der Waals surface area contributed by atoms with Crippen LogP contribution in [0.3, 0.4) is 0 Å². The van der Waals surface area contributed by atoms with Crippen LogP contribution in [0.4, 0.5) is 0 Å². The third-order valence-corrected chi connectivity index (χ3v) is 4.14. The molecule has 0 fully saturated rings. The molecule has 0 amide bonds. The van der Waals surface area contributed by atoms with E-state index in [4.69, 9.17) is 39.9 Å². The molecular formula is C12H6Cl3NO2S. The summed E-state index contributed by atoms with van der Waals surface area (Å²) in [7, 11) is 0. The number of carbonyl (C=O) groups is 1. The zero-order valence-electron chi connectivity index (χ0n) is 9.23. The van der Waals surface area contributed by atoms with Gasteiger partial charge in [-0.25, -0.2) is 9.78 Å². The van der Waals surface area contributed by atoms with Gasteiger partial charge in [0, 0.05) is 16.1 Å². The minimum absolute atomic E-state index is 0.00248. The molecule has 7 heteroatoms. The van der Waals surface area contributed by atoms with Gasteiger partial charge in [-0.1, -0.05) is 46.6 Å². The van der Waals surface area contributed by atoms with E-state index in [1.807, 2.05) is 0 Å². The number of hydrogen-bond acceptors (Lipinski definition) is 3. The smallest absolute Gasteiger partial charge is 0.337 e. The largest absolute Gasteiger partial charge is 0.478 e. The van der Waals surface area contributed by atoms with Crippen LogP contribution in [0.2, 0.25) is 15.1 Å². The van der Waals surface area contributed by atoms with Crippen molar-refractivity contribution in [3.05, 3.63) is 51.1 Å². The van der Waals surface area contributed by atoms with Gasteiger partial charge in [0.05, 0.1) is 15.6 Å². The van der Waals surface area contributed by atoms with Gasteiger partial charge in [0.1, 0.15) is 5.03 Å². The Balaban J connectivity index is 2.36. The summed E-state index contributed by atoms with van der Waals surface area (Å²) in [5, 5.41) is 10.6. The molecule has 0 bridgehead atoms. The van der Waals surface area contributed by atoms with E-state index in [1.54, 1.807) is 18.2 Å². The summed E-state index contributed by atoms with van der Waals surface area (Å²) in [4.78, 5) is 15.7. The lowest BCUT2D eigenvalue weighted by Gasteiger charge is -2.05. The van der Waals surface area contributed by atoms with Gasteiger partial charge in [0.25, 0.3) is 0 Å². The second-order valence-electron chi connectivity index (χ2n) is 3.48. The molecule has 0 aliphatic heterocycles. The van der Waals surface area contributed by atoms with Gasteiger partial charge in [-0.3, -0.25) is 0 Å². The molecule has 0 aliphatic rings. The van der Waals surface area contributed by atoms with E-state index in [-0.39, 0.29) is 10.6 Å². The summed E-state index contributed by atoms with van der Waals surface area (Å²) in [5.74, 6) is -1.11. The fraction of sp³-hybridized carbons (Fsp3) is 0. The van der Waals surface area contributed by atoms with Crippen molar-refractivity contribution in [2.75, 3.05) is 0 Å². The van der Waals surface area contributed by atoms with E-state index in [9.17, 15) is 4.79 Å². The predicted octanol–water partition coefficient (Wildman–Crippen LogP) is 4.89. The molecule has 98 valence electrons. The molecule has 0 spiro atoms. The first kappa shape index (κ1) is 14.5. The van der Waals surface area contributed by atoms with Crippen molar-refractivity contribution in [1.29, 1.82) is 0 Å². The number of benzene rings is 1. The van der Waals surface area contributed by atoms with E-state index >= 15 is 0 Å². The van der Waals surface area contributed by atoms with E-state index in [1.165, 1.54) is 24.0 Å². The number of nitrogens with zero attached hydrogens (tertiary/aromatic N) is 1. The fourth-order valence-electron chi connectivity index (χ4n) is 1.31. The number of carboxylic acid groups (broad SMARTS) is 1. The van der Waals surface area contributed by atoms with E-state index in [2.05, 4.69) is 4.98 Å². The molecule has 0 atom stereocenters. The van der Waals surface area contributed by atoms with Crippen LogP contribution in [-0.2, 0) is 0 Å². The monoisotopic (exact) mass is 333 g/mol. The lowest BCUT2D eigenvalue weighted by atomic mass is 10.3. The van der Waals surface area contributed by atoms with Crippen molar-refractivity contribution in [2.24, 2.45) is 0 Å². The van der Waals surface area contributed by atoms with Crippen LogP contribution in [0.5, 0.6) is 0 Å². The maximum atomic E-state index is 11.0. The molecule has 0 aliphatic carbocycles. The van der Waals surface area contributed by atoms with Crippen molar-refractivity contribution >= 4 is 52.5 Å². The molecular weight excluding hydrogens is 329 g/mol. The lowest BCUT2D eigenvalue weighted by molar-refractivity contribution is 0.0696. The summed E-state index contributed by atoms with van der Waals surface area (Å²) in [6.07, 6.45) is 1.30. The normalized spacial score (nSPS) is 10.5. The van der Waals surface area contributed by atoms with Gasteiger partial charge < -0.3 is 5.11 Å². The van der Waals surface area contributed by atoms with Gasteiger partial charge >= 0.3 is 5.97 Å². The van der Waals surface area contributed by atoms with Gasteiger partial charge in [-0.15, -0.1) is 0 Å². The first-order valence-electron chi connectivity index (χ1n) is 4.99. The molecule has 1 aromatic carbocycles. The van der Waals surface area contributed by atoms with Gasteiger partial charge in [-0.05, 0) is 24.3 Å². The first-order chi connectivity index (χ1) is 8.97. The Morgan fingerprint density at radius 2 is 1.89 bits per heavy atom. The Hall–Kier alpha value is -0.940. The average molecular weight is 335 g/mol. The fourth-order valence-corrected chi connectivity index (χ4v) is 2.82. The lowest BCUT2D eigenvalue weighted by Crippen LogP contribution is -1.98. The van der Waals surface area contributed by atoms with Crippen LogP contribution in [0.15, 0.2) is 40.4 Å². The van der Waals surface area contributed by atoms with Crippen molar-refractivity contribution in [3.63, 3.8) is 0 Å². The highest BCUT2D eigenvalue weighted by Gasteiger charge is 2.12. The number of aromatic nitrogens is 1. The minimum atomic E-state index is -1.11. The Kier molecular flexibility index (Phi) is 4.58. The molecule has 2 aromatic rings. The highest BCUT2D eigenvalue weighted by atomic mass is 35.5. The van der Waals surface area contributed by atoms with Crippen molar-refractivity contribution in [1.82, 2.24) is 4.98 Å². The predicted molar refractivity (Wildman–Crippen MR) is 76.8 cm³/mol. The number of pyridine rings is 1. The van der Waals surface area contributed by atoms with Crippen LogP contribution in [0.1, 0.15) is 10.4 Å². The third-order valence-electron chi connectivity index (χ3n) is 2.17. The zero-order valence-corrected chi connectivity index (χ0v) is 12.3. The standard InChI is InChI=1S/C12H6Cl3NO2S/c13-6-1-2-8(14)10(3-6)19-11-4-7(12(17)18)9(15)5-16-11/h1-5H,(H,17,18). The van der Waals surface area contributed by atoms with Crippen LogP contribution in [-0.4, -0.2) is 16.1 Å². The second-order valence-corrected chi connectivity index (χ2v) is 5.80. The van der Waals surface area contributed by atoms with Crippen LogP contribution >= 0.6 is 46.6 Å². The van der Waals surface area contributed by atoms with E-state index < -0.39 is 5.97 Å². The second kappa shape index (κ2) is 6.01. The van der Waals surface area contributed by atoms with Gasteiger partial charge in [-0.2, -0.15) is 0 Å². The molecule has 0 unspecified atom stereocenters. The Labute approximate surface area is 128 Å². The van der Waals surface area contributed by atoms with Gasteiger partial charge in [0.2, 0.25) is 0 Å². The molecule has 1 aromatic heterocycles. The maximum Gasteiger partial charge on any atom is 0.337 e. The highest BCUT2D eigenvalue weighted by molar-refractivity contribution is 7.99. The summed E-state index contributed by atoms with van der Waals surface area (Å²) in [6.45, 7) is 0. The number of carboxylic acids is 1. The molecule has 0 saturated heterocycles. The molecule has 1 N–H and O–H groups in total. The van der Waals surface area contributed by atoms with Gasteiger partial charge in [0.15, 0.2) is 0 Å². The number of rotatable bonds is 3. The Morgan fingerprint density at radius 3 is 2.58 bits per heavy atom. The molecule has 2 rings (SSSR count). The summed E-state index contributed by atoms with van der Waals surface area (Å²) >= 11 is 18.9. The third kappa shape index (κ3) is 3.54. The zero-order chi connectivity index (χ0) is 14.0. The van der Waals surface area contributed by atoms with Crippen LogP contribution in [0, 0.1) is 0 Å². The summed E-state index contributed by atoms with van der Waals surface area (Å²) in [6, 6.07) is 6.42. The van der Waals surface area contributed by atoms with Crippen molar-refractivity contribution in [3.8, 4) is 0 Å². The summed E-state index contributed by atoms with van der Waals surface area (Å²) in [5.41, 5.74) is -0.00248. The van der Waals surface area contributed by atoms with E-state index in [0.717, 1.165) is 0 Å². The quantitative estimate of drug-likeness (QED) is 0.868. The topological polar surface area (TPSA) is 50.2 Å². The highest BCUT2D eigenvalue weighted by Crippen LogP contribution is 2.35. The van der Waals surface area contributed by atoms with E-state index in [0.29, 0.717) is 20.0 Å². The summed E-state index contributed by atoms with van der Waals surface area (Å²) < 4.78 is 0. The van der Waals surface area contributed by atoms with Crippen molar-refractivity contribution < 1.29 is 9.90 Å². The molecule has 19 heavy (non-hydrogen) atoms. The van der Waals surface area contributed by atoms with Crippen LogP contribution < -0.4 is 0 Å². The maximum absolute atomic E-state index is 11.0. The Morgan fingerprint density at radius 1 is 1.16 bits per heavy atom. The van der Waals surface area contributed by atoms with Crippen molar-refractivity contribution in [2.45, 2.75) is 9.92 Å². The molecule has 0 radical (unpaired) electrons. The molecule has 3 nitrogen and oxygen atoms in total. The van der Waals surface area contributed by atoms with Crippen LogP contribution in [0.25, 0.3) is 0 Å². The minimum Gasteiger partial charge on any atom is -0.478 e. The number of halogens is 3. The molecule has 1 heterocycles. The number of hydrogen-bond donors (Lipinski definition) is 1. The SMILES string of the molecule is O=C(O)c1cc(Sc2cc(Cl)ccc2Cl)ncc1Cl. The first-order valence-corrected chi connectivity index (χ1v) is 6.94. The molecule has 0 saturated carbocycles.